The maximum absolute atomic E-state index is 15.1. The molecule has 3 aromatic heterocycles. The lowest BCUT2D eigenvalue weighted by Crippen LogP contribution is -2.49. The molecule has 10 heteroatoms. The van der Waals surface area contributed by atoms with Gasteiger partial charge in [0.1, 0.15) is 11.6 Å². The number of fused-ring (bicyclic) bond motifs is 9. The molecule has 6 rings (SSSR count). The second-order valence-corrected chi connectivity index (χ2v) is 9.01. The standard InChI is InChI=1S/C26H20F5N5/c1-15-12-22-17(18-13-16(27)14-19(28)23(18)20-6-2-5-10-35(20)22)8-11-36-24(21-7-3-4-9-34(15)21)32-25(33-36)26(29,30)31/h2-7,9-10,13-14,17,22H,1,8,11-12H2/q+2. The lowest BCUT2D eigenvalue weighted by molar-refractivity contribution is -0.720. The van der Waals surface area contributed by atoms with Crippen LogP contribution in [0.1, 0.15) is 36.2 Å². The molecule has 1 aromatic carbocycles. The van der Waals surface area contributed by atoms with E-state index in [0.29, 0.717) is 34.6 Å². The highest BCUT2D eigenvalue weighted by Crippen LogP contribution is 2.44. The van der Waals surface area contributed by atoms with E-state index >= 15 is 4.39 Å². The van der Waals surface area contributed by atoms with Gasteiger partial charge in [0.05, 0.1) is 12.0 Å². The lowest BCUT2D eigenvalue weighted by atomic mass is 9.79. The summed E-state index contributed by atoms with van der Waals surface area (Å²) in [5, 5.41) is 3.78. The van der Waals surface area contributed by atoms with Crippen LogP contribution in [0.2, 0.25) is 0 Å². The summed E-state index contributed by atoms with van der Waals surface area (Å²) >= 11 is 0. The van der Waals surface area contributed by atoms with Gasteiger partial charge in [0.25, 0.3) is 11.5 Å². The Morgan fingerprint density at radius 3 is 2.53 bits per heavy atom. The molecule has 2 atom stereocenters. The highest BCUT2D eigenvalue weighted by Gasteiger charge is 2.45. The van der Waals surface area contributed by atoms with Gasteiger partial charge in [-0.1, -0.05) is 0 Å². The van der Waals surface area contributed by atoms with Crippen molar-refractivity contribution in [3.05, 3.63) is 90.5 Å². The minimum Gasteiger partial charge on any atom is -0.240 e. The number of halogens is 5. The maximum atomic E-state index is 15.1. The van der Waals surface area contributed by atoms with Crippen molar-refractivity contribution < 1.29 is 31.1 Å². The van der Waals surface area contributed by atoms with E-state index in [1.54, 1.807) is 41.1 Å². The summed E-state index contributed by atoms with van der Waals surface area (Å²) in [6, 6.07) is 12.4. The van der Waals surface area contributed by atoms with Crippen LogP contribution in [0.4, 0.5) is 22.0 Å². The third-order valence-corrected chi connectivity index (χ3v) is 6.90. The van der Waals surface area contributed by atoms with E-state index in [1.165, 1.54) is 10.7 Å². The molecule has 2 aliphatic heterocycles. The van der Waals surface area contributed by atoms with Crippen molar-refractivity contribution in [1.29, 1.82) is 0 Å². The second kappa shape index (κ2) is 8.04. The van der Waals surface area contributed by atoms with Gasteiger partial charge in [-0.3, -0.25) is 0 Å². The van der Waals surface area contributed by atoms with Crippen molar-refractivity contribution in [1.82, 2.24) is 14.8 Å². The van der Waals surface area contributed by atoms with Crippen LogP contribution in [0.25, 0.3) is 28.5 Å². The molecule has 0 fully saturated rings. The van der Waals surface area contributed by atoms with Crippen LogP contribution in [-0.4, -0.2) is 14.8 Å². The van der Waals surface area contributed by atoms with Crippen LogP contribution < -0.4 is 9.13 Å². The third kappa shape index (κ3) is 3.51. The molecule has 0 saturated carbocycles. The number of nitrogens with zero attached hydrogens (tertiary/aromatic N) is 5. The molecule has 0 N–H and O–H groups in total. The molecule has 5 nitrogen and oxygen atoms in total. The summed E-state index contributed by atoms with van der Waals surface area (Å²) in [6.07, 6.45) is -0.483. The summed E-state index contributed by atoms with van der Waals surface area (Å²) in [5.74, 6) is -2.99. The number of hydrogen-bond donors (Lipinski definition) is 0. The fraction of sp³-hybridized carbons (Fsp3) is 0.231. The predicted molar refractivity (Wildman–Crippen MR) is 119 cm³/mol. The van der Waals surface area contributed by atoms with E-state index < -0.39 is 29.6 Å². The first-order valence-electron chi connectivity index (χ1n) is 11.4. The van der Waals surface area contributed by atoms with Crippen molar-refractivity contribution in [2.45, 2.75) is 37.5 Å². The summed E-state index contributed by atoms with van der Waals surface area (Å²) in [6.45, 7) is 4.31. The Bertz CT molecular complexity index is 1520. The molecule has 0 radical (unpaired) electrons. The number of allylic oxidation sites excluding steroid dienone is 1. The van der Waals surface area contributed by atoms with Gasteiger partial charge in [-0.2, -0.15) is 27.3 Å². The number of alkyl halides is 3. The molecule has 0 bridgehead atoms. The van der Waals surface area contributed by atoms with Crippen LogP contribution >= 0.6 is 0 Å². The molecule has 36 heavy (non-hydrogen) atoms. The highest BCUT2D eigenvalue weighted by molar-refractivity contribution is 5.65. The molecule has 4 aromatic rings. The van der Waals surface area contributed by atoms with Gasteiger partial charge >= 0.3 is 6.18 Å². The monoisotopic (exact) mass is 497 g/mol. The van der Waals surface area contributed by atoms with E-state index in [-0.39, 0.29) is 24.8 Å². The Morgan fingerprint density at radius 2 is 1.75 bits per heavy atom. The van der Waals surface area contributed by atoms with Crippen molar-refractivity contribution in [2.75, 3.05) is 0 Å². The number of rotatable bonds is 0. The van der Waals surface area contributed by atoms with Gasteiger partial charge in [-0.05, 0) is 36.8 Å². The van der Waals surface area contributed by atoms with E-state index in [9.17, 15) is 17.6 Å². The van der Waals surface area contributed by atoms with E-state index in [4.69, 9.17) is 0 Å². The van der Waals surface area contributed by atoms with Crippen molar-refractivity contribution >= 4 is 5.70 Å². The zero-order valence-corrected chi connectivity index (χ0v) is 18.9. The first kappa shape index (κ1) is 22.5. The molecule has 0 saturated heterocycles. The van der Waals surface area contributed by atoms with Crippen LogP contribution in [-0.2, 0) is 12.7 Å². The van der Waals surface area contributed by atoms with Gasteiger partial charge in [-0.15, -0.1) is 5.10 Å². The molecule has 2 unspecified atom stereocenters. The third-order valence-electron chi connectivity index (χ3n) is 6.90. The first-order valence-corrected chi connectivity index (χ1v) is 11.4. The predicted octanol–water partition coefficient (Wildman–Crippen LogP) is 5.09. The van der Waals surface area contributed by atoms with Gasteiger partial charge < -0.3 is 0 Å². The molecule has 0 aliphatic carbocycles. The molecular weight excluding hydrogens is 477 g/mol. The van der Waals surface area contributed by atoms with E-state index in [0.717, 1.165) is 6.07 Å². The quantitative estimate of drug-likeness (QED) is 0.251. The first-order chi connectivity index (χ1) is 17.2. The topological polar surface area (TPSA) is 38.5 Å². The molecule has 2 aliphatic rings. The average molecular weight is 497 g/mol. The van der Waals surface area contributed by atoms with E-state index in [2.05, 4.69) is 16.7 Å². The van der Waals surface area contributed by atoms with Crippen molar-refractivity contribution in [3.8, 4) is 22.8 Å². The van der Waals surface area contributed by atoms with Crippen LogP contribution in [0, 0.1) is 11.6 Å². The number of aryl methyl sites for hydroxylation is 1. The summed E-state index contributed by atoms with van der Waals surface area (Å²) < 4.78 is 75.1. The van der Waals surface area contributed by atoms with Gasteiger partial charge in [0.15, 0.2) is 24.1 Å². The summed E-state index contributed by atoms with van der Waals surface area (Å²) in [7, 11) is 0. The van der Waals surface area contributed by atoms with Crippen LogP contribution in [0.15, 0.2) is 67.5 Å². The van der Waals surface area contributed by atoms with Gasteiger partial charge in [0, 0.05) is 42.8 Å². The number of benzene rings is 1. The summed E-state index contributed by atoms with van der Waals surface area (Å²) in [4.78, 5) is 3.82. The zero-order chi connectivity index (χ0) is 25.2. The fourth-order valence-corrected chi connectivity index (χ4v) is 5.41. The Hall–Kier alpha value is -3.95. The number of hydrogen-bond acceptors (Lipinski definition) is 2. The minimum atomic E-state index is -4.72. The SMILES string of the molecule is C=C1CC2C(CCn3nc(C(F)(F)F)nc3-c3cccc[n+]31)c1cc(F)cc(F)c1-c1cccc[n+]12. The fourth-order valence-electron chi connectivity index (χ4n) is 5.41. The van der Waals surface area contributed by atoms with Gasteiger partial charge in [-0.25, -0.2) is 13.5 Å². The average Bonchev–Trinajstić information content (AvgIpc) is 3.28. The zero-order valence-electron chi connectivity index (χ0n) is 18.9. The van der Waals surface area contributed by atoms with E-state index in [1.807, 2.05) is 16.8 Å². The largest absolute Gasteiger partial charge is 0.453 e. The maximum Gasteiger partial charge on any atom is 0.453 e. The van der Waals surface area contributed by atoms with Crippen molar-refractivity contribution in [2.24, 2.45) is 0 Å². The molecule has 182 valence electrons. The summed E-state index contributed by atoms with van der Waals surface area (Å²) in [5.41, 5.74) is 2.41. The van der Waals surface area contributed by atoms with Crippen molar-refractivity contribution in [3.63, 3.8) is 0 Å². The second-order valence-electron chi connectivity index (χ2n) is 9.01. The Labute approximate surface area is 202 Å². The molecule has 0 amide bonds. The van der Waals surface area contributed by atoms with Gasteiger partial charge in [0.2, 0.25) is 11.5 Å². The highest BCUT2D eigenvalue weighted by atomic mass is 19.4. The number of aromatic nitrogens is 5. The Kier molecular flexibility index (Phi) is 5.03. The smallest absolute Gasteiger partial charge is 0.240 e. The lowest BCUT2D eigenvalue weighted by Gasteiger charge is -2.31. The Morgan fingerprint density at radius 1 is 1.00 bits per heavy atom. The Balaban J connectivity index is 1.58. The molecule has 5 heterocycles. The normalized spacial score (nSPS) is 19.0. The molecule has 0 spiro atoms. The van der Waals surface area contributed by atoms with Crippen LogP contribution in [0.5, 0.6) is 0 Å². The van der Waals surface area contributed by atoms with Crippen LogP contribution in [0.3, 0.4) is 0 Å². The number of pyridine rings is 2. The minimum absolute atomic E-state index is 0.0528. The molecular formula is C26H20F5N5+2.